The van der Waals surface area contributed by atoms with Crippen molar-refractivity contribution >= 4 is 0 Å². The fraction of sp³-hybridized carbons (Fsp3) is 0.357. The van der Waals surface area contributed by atoms with Crippen LogP contribution in [0.2, 0.25) is 0 Å². The highest BCUT2D eigenvalue weighted by Gasteiger charge is 2.07. The molecule has 2 nitrogen and oxygen atoms in total. The minimum Gasteiger partial charge on any atom is -0.241 e. The topological polar surface area (TPSA) is 17.8 Å². The summed E-state index contributed by atoms with van der Waals surface area (Å²) in [5, 5.41) is 4.30. The first-order chi connectivity index (χ1) is 7.81. The highest BCUT2D eigenvalue weighted by molar-refractivity contribution is 5.40. The van der Waals surface area contributed by atoms with Crippen LogP contribution in [0.1, 0.15) is 25.8 Å². The first kappa shape index (κ1) is 10.9. The lowest BCUT2D eigenvalue weighted by Gasteiger charge is -2.13. The maximum atomic E-state index is 4.30. The molecule has 0 bridgehead atoms. The van der Waals surface area contributed by atoms with Gasteiger partial charge in [0, 0.05) is 12.4 Å². The third kappa shape index (κ3) is 2.32. The van der Waals surface area contributed by atoms with Gasteiger partial charge in [0.1, 0.15) is 0 Å². The van der Waals surface area contributed by atoms with Crippen molar-refractivity contribution in [2.45, 2.75) is 26.7 Å². The Balaban J connectivity index is 2.31. The Morgan fingerprint density at radius 2 is 2.06 bits per heavy atom. The molecule has 0 radical (unpaired) electrons. The van der Waals surface area contributed by atoms with Crippen LogP contribution in [0.15, 0.2) is 42.7 Å². The van der Waals surface area contributed by atoms with Crippen LogP contribution >= 0.6 is 0 Å². The molecule has 0 amide bonds. The third-order valence-corrected chi connectivity index (χ3v) is 3.01. The van der Waals surface area contributed by atoms with E-state index in [-0.39, 0.29) is 0 Å². The number of para-hydroxylation sites is 1. The highest BCUT2D eigenvalue weighted by Crippen LogP contribution is 2.18. The van der Waals surface area contributed by atoms with E-state index in [1.165, 1.54) is 17.7 Å². The predicted octanol–water partition coefficient (Wildman–Crippen LogP) is 3.46. The van der Waals surface area contributed by atoms with Crippen molar-refractivity contribution in [3.8, 4) is 5.69 Å². The van der Waals surface area contributed by atoms with E-state index in [0.717, 1.165) is 12.3 Å². The average molecular weight is 214 g/mol. The molecule has 0 fully saturated rings. The van der Waals surface area contributed by atoms with Gasteiger partial charge in [-0.2, -0.15) is 5.10 Å². The van der Waals surface area contributed by atoms with Crippen molar-refractivity contribution in [1.82, 2.24) is 9.78 Å². The lowest BCUT2D eigenvalue weighted by molar-refractivity contribution is 0.558. The number of hydrogen-bond donors (Lipinski definition) is 0. The molecule has 1 atom stereocenters. The number of aromatic nitrogens is 2. The Morgan fingerprint density at radius 3 is 2.75 bits per heavy atom. The Bertz CT molecular complexity index is 432. The van der Waals surface area contributed by atoms with Gasteiger partial charge < -0.3 is 0 Å². The van der Waals surface area contributed by atoms with Crippen LogP contribution < -0.4 is 0 Å². The van der Waals surface area contributed by atoms with Crippen molar-refractivity contribution in [3.05, 3.63) is 48.3 Å². The molecule has 0 aliphatic carbocycles. The second kappa shape index (κ2) is 4.97. The van der Waals surface area contributed by atoms with Gasteiger partial charge in [-0.15, -0.1) is 0 Å². The molecule has 1 unspecified atom stereocenters. The van der Waals surface area contributed by atoms with Crippen molar-refractivity contribution in [1.29, 1.82) is 0 Å². The molecule has 84 valence electrons. The third-order valence-electron chi connectivity index (χ3n) is 3.01. The molecule has 1 aromatic carbocycles. The van der Waals surface area contributed by atoms with E-state index < -0.39 is 0 Å². The van der Waals surface area contributed by atoms with Gasteiger partial charge in [0.15, 0.2) is 0 Å². The van der Waals surface area contributed by atoms with Crippen molar-refractivity contribution in [2.24, 2.45) is 5.92 Å². The lowest BCUT2D eigenvalue weighted by Crippen LogP contribution is -2.04. The maximum absolute atomic E-state index is 4.30. The van der Waals surface area contributed by atoms with Crippen LogP contribution in [0.3, 0.4) is 0 Å². The summed E-state index contributed by atoms with van der Waals surface area (Å²) in [7, 11) is 0. The van der Waals surface area contributed by atoms with Crippen LogP contribution in [0, 0.1) is 5.92 Å². The molecule has 0 aliphatic rings. The van der Waals surface area contributed by atoms with Crippen molar-refractivity contribution in [2.75, 3.05) is 0 Å². The van der Waals surface area contributed by atoms with E-state index in [1.807, 2.05) is 23.1 Å². The van der Waals surface area contributed by atoms with E-state index >= 15 is 0 Å². The van der Waals surface area contributed by atoms with Gasteiger partial charge >= 0.3 is 0 Å². The van der Waals surface area contributed by atoms with E-state index in [2.05, 4.69) is 43.2 Å². The molecule has 2 rings (SSSR count). The largest absolute Gasteiger partial charge is 0.241 e. The maximum Gasteiger partial charge on any atom is 0.0677 e. The van der Waals surface area contributed by atoms with Crippen LogP contribution in [0.25, 0.3) is 5.69 Å². The smallest absolute Gasteiger partial charge is 0.0677 e. The molecular formula is C14H18N2. The average Bonchev–Trinajstić information content (AvgIpc) is 2.83. The summed E-state index contributed by atoms with van der Waals surface area (Å²) >= 11 is 0. The standard InChI is InChI=1S/C14H18N2/c1-3-12(2)11-13-7-4-5-8-14(13)16-10-6-9-15-16/h4-10,12H,3,11H2,1-2H3. The quantitative estimate of drug-likeness (QED) is 0.762. The summed E-state index contributed by atoms with van der Waals surface area (Å²) in [6.07, 6.45) is 6.15. The van der Waals surface area contributed by atoms with E-state index in [1.54, 1.807) is 0 Å². The van der Waals surface area contributed by atoms with Gasteiger partial charge in [-0.05, 0) is 30.0 Å². The summed E-state index contributed by atoms with van der Waals surface area (Å²) in [6, 6.07) is 10.5. The molecule has 16 heavy (non-hydrogen) atoms. The Labute approximate surface area is 96.9 Å². The Kier molecular flexibility index (Phi) is 3.40. The van der Waals surface area contributed by atoms with Gasteiger partial charge in [0.2, 0.25) is 0 Å². The molecule has 0 spiro atoms. The molecule has 0 saturated heterocycles. The predicted molar refractivity (Wildman–Crippen MR) is 66.7 cm³/mol. The summed E-state index contributed by atoms with van der Waals surface area (Å²) in [5.41, 5.74) is 2.58. The minimum atomic E-state index is 0.719. The zero-order valence-electron chi connectivity index (χ0n) is 9.93. The van der Waals surface area contributed by atoms with Crippen LogP contribution in [0.5, 0.6) is 0 Å². The second-order valence-electron chi connectivity index (χ2n) is 4.30. The molecule has 2 aromatic rings. The molecule has 0 saturated carbocycles. The zero-order chi connectivity index (χ0) is 11.4. The molecule has 1 heterocycles. The first-order valence-corrected chi connectivity index (χ1v) is 5.89. The summed E-state index contributed by atoms with van der Waals surface area (Å²) in [5.74, 6) is 0.719. The second-order valence-corrected chi connectivity index (χ2v) is 4.30. The normalized spacial score (nSPS) is 12.6. The van der Waals surface area contributed by atoms with E-state index in [0.29, 0.717) is 0 Å². The van der Waals surface area contributed by atoms with Crippen LogP contribution in [-0.2, 0) is 6.42 Å². The summed E-state index contributed by atoms with van der Waals surface area (Å²) in [4.78, 5) is 0. The molecule has 1 aromatic heterocycles. The number of rotatable bonds is 4. The van der Waals surface area contributed by atoms with Gasteiger partial charge in [-0.3, -0.25) is 0 Å². The molecular weight excluding hydrogens is 196 g/mol. The lowest BCUT2D eigenvalue weighted by atomic mass is 9.98. The fourth-order valence-electron chi connectivity index (χ4n) is 1.84. The first-order valence-electron chi connectivity index (χ1n) is 5.89. The minimum absolute atomic E-state index is 0.719. The number of nitrogens with zero attached hydrogens (tertiary/aromatic N) is 2. The van der Waals surface area contributed by atoms with Gasteiger partial charge in [-0.25, -0.2) is 4.68 Å². The van der Waals surface area contributed by atoms with Crippen molar-refractivity contribution in [3.63, 3.8) is 0 Å². The van der Waals surface area contributed by atoms with Crippen LogP contribution in [0.4, 0.5) is 0 Å². The van der Waals surface area contributed by atoms with Crippen LogP contribution in [-0.4, -0.2) is 9.78 Å². The fourth-order valence-corrected chi connectivity index (χ4v) is 1.84. The van der Waals surface area contributed by atoms with Gasteiger partial charge in [-0.1, -0.05) is 38.5 Å². The number of hydrogen-bond acceptors (Lipinski definition) is 1. The molecule has 0 N–H and O–H groups in total. The SMILES string of the molecule is CCC(C)Cc1ccccc1-n1cccn1. The summed E-state index contributed by atoms with van der Waals surface area (Å²) in [6.45, 7) is 4.53. The van der Waals surface area contributed by atoms with Gasteiger partial charge in [0.05, 0.1) is 5.69 Å². The zero-order valence-corrected chi connectivity index (χ0v) is 9.93. The van der Waals surface area contributed by atoms with E-state index in [4.69, 9.17) is 0 Å². The highest BCUT2D eigenvalue weighted by atomic mass is 15.3. The van der Waals surface area contributed by atoms with Gasteiger partial charge in [0.25, 0.3) is 0 Å². The van der Waals surface area contributed by atoms with E-state index in [9.17, 15) is 0 Å². The summed E-state index contributed by atoms with van der Waals surface area (Å²) < 4.78 is 1.94. The van der Waals surface area contributed by atoms with Crippen molar-refractivity contribution < 1.29 is 0 Å². The number of benzene rings is 1. The Hall–Kier alpha value is -1.57. The molecule has 2 heteroatoms. The molecule has 0 aliphatic heterocycles. The monoisotopic (exact) mass is 214 g/mol. The Morgan fingerprint density at radius 1 is 1.25 bits per heavy atom.